The highest BCUT2D eigenvalue weighted by Gasteiger charge is 2.15. The first-order chi connectivity index (χ1) is 8.84. The van der Waals surface area contributed by atoms with Gasteiger partial charge in [-0.1, -0.05) is 31.4 Å². The maximum absolute atomic E-state index is 10.5. The average molecular weight is 258 g/mol. The molecular weight excluding hydrogens is 240 g/mol. The summed E-state index contributed by atoms with van der Waals surface area (Å²) >= 11 is 0. The quantitative estimate of drug-likeness (QED) is 0.474. The molecule has 0 saturated carbocycles. The van der Waals surface area contributed by atoms with Crippen LogP contribution in [0.15, 0.2) is 43.5 Å². The summed E-state index contributed by atoms with van der Waals surface area (Å²) in [7, 11) is 0. The zero-order valence-electron chi connectivity index (χ0n) is 11.5. The van der Waals surface area contributed by atoms with Crippen molar-refractivity contribution in [2.45, 2.75) is 20.8 Å². The third kappa shape index (κ3) is 5.25. The fraction of sp³-hybridized carbons (Fsp3) is 0.188. The van der Waals surface area contributed by atoms with Crippen LogP contribution in [0.1, 0.15) is 16.7 Å². The van der Waals surface area contributed by atoms with Crippen LogP contribution < -0.4 is 0 Å². The first-order valence-corrected chi connectivity index (χ1v) is 5.75. The Kier molecular flexibility index (Phi) is 6.97. The van der Waals surface area contributed by atoms with E-state index in [9.17, 15) is 14.4 Å². The molecule has 0 aliphatic rings. The summed E-state index contributed by atoms with van der Waals surface area (Å²) in [5.41, 5.74) is 4.18. The number of allylic oxidation sites excluding steroid dienone is 2. The fourth-order valence-electron chi connectivity index (χ4n) is 1.20. The Morgan fingerprint density at radius 1 is 0.895 bits per heavy atom. The Morgan fingerprint density at radius 2 is 1.26 bits per heavy atom. The van der Waals surface area contributed by atoms with Crippen LogP contribution in [0, 0.1) is 20.8 Å². The smallest absolute Gasteiger partial charge is 0.272 e. The molecule has 0 spiro atoms. The van der Waals surface area contributed by atoms with Gasteiger partial charge in [-0.05, 0) is 49.6 Å². The molecule has 1 rings (SSSR count). The standard InChI is InChI=1S/C9H12.C7H6O3/c1-7-5-4-6-8(2)9(7)3;1-3-5(8)7(10)6(9)4-2/h4-6H,1-3H3;3-4H,1-2H2. The molecule has 0 amide bonds. The van der Waals surface area contributed by atoms with Crippen molar-refractivity contribution in [3.05, 3.63) is 60.2 Å². The fourth-order valence-corrected chi connectivity index (χ4v) is 1.20. The molecule has 0 unspecified atom stereocenters. The summed E-state index contributed by atoms with van der Waals surface area (Å²) in [6, 6.07) is 6.38. The van der Waals surface area contributed by atoms with Gasteiger partial charge in [0.2, 0.25) is 11.6 Å². The van der Waals surface area contributed by atoms with Crippen LogP contribution >= 0.6 is 0 Å². The first kappa shape index (κ1) is 16.7. The second kappa shape index (κ2) is 7.93. The highest BCUT2D eigenvalue weighted by molar-refractivity contribution is 6.67. The van der Waals surface area contributed by atoms with Gasteiger partial charge in [0, 0.05) is 0 Å². The van der Waals surface area contributed by atoms with Gasteiger partial charge < -0.3 is 0 Å². The molecule has 3 heteroatoms. The Balaban J connectivity index is 0.000000342. The molecule has 100 valence electrons. The number of carbonyl (C=O) groups excluding carboxylic acids is 3. The average Bonchev–Trinajstić information content (AvgIpc) is 2.42. The SMILES string of the molecule is C=CC(=O)C(=O)C(=O)C=C.Cc1cccc(C)c1C. The number of hydrogen-bond donors (Lipinski definition) is 0. The lowest BCUT2D eigenvalue weighted by Gasteiger charge is -2.00. The van der Waals surface area contributed by atoms with Crippen LogP contribution in [-0.4, -0.2) is 17.3 Å². The van der Waals surface area contributed by atoms with Gasteiger partial charge in [-0.2, -0.15) is 0 Å². The molecule has 0 aromatic heterocycles. The van der Waals surface area contributed by atoms with E-state index < -0.39 is 17.3 Å². The third-order valence-corrected chi connectivity index (χ3v) is 2.69. The van der Waals surface area contributed by atoms with E-state index in [-0.39, 0.29) is 0 Å². The van der Waals surface area contributed by atoms with Crippen LogP contribution in [-0.2, 0) is 14.4 Å². The zero-order valence-corrected chi connectivity index (χ0v) is 11.5. The second-order valence-corrected chi connectivity index (χ2v) is 3.98. The molecule has 0 saturated heterocycles. The van der Waals surface area contributed by atoms with Crippen LogP contribution in [0.3, 0.4) is 0 Å². The molecule has 0 atom stereocenters. The van der Waals surface area contributed by atoms with Crippen LogP contribution in [0.25, 0.3) is 0 Å². The number of ketones is 3. The van der Waals surface area contributed by atoms with E-state index in [2.05, 4.69) is 52.1 Å². The van der Waals surface area contributed by atoms with Crippen molar-refractivity contribution in [2.24, 2.45) is 0 Å². The molecule has 1 aromatic rings. The molecule has 0 aliphatic heterocycles. The minimum absolute atomic E-state index is 0.795. The van der Waals surface area contributed by atoms with Crippen molar-refractivity contribution >= 4 is 17.3 Å². The van der Waals surface area contributed by atoms with Gasteiger partial charge in [-0.15, -0.1) is 0 Å². The summed E-state index contributed by atoms with van der Waals surface area (Å²) in [6.07, 6.45) is 1.59. The normalized spacial score (nSPS) is 8.79. The van der Waals surface area contributed by atoms with Crippen molar-refractivity contribution < 1.29 is 14.4 Å². The van der Waals surface area contributed by atoms with Crippen molar-refractivity contribution in [1.29, 1.82) is 0 Å². The van der Waals surface area contributed by atoms with E-state index in [1.165, 1.54) is 16.7 Å². The molecule has 0 bridgehead atoms. The lowest BCUT2D eigenvalue weighted by atomic mass is 10.1. The Morgan fingerprint density at radius 3 is 1.53 bits per heavy atom. The Bertz CT molecular complexity index is 483. The molecule has 0 heterocycles. The topological polar surface area (TPSA) is 51.2 Å². The van der Waals surface area contributed by atoms with Crippen molar-refractivity contribution in [3.63, 3.8) is 0 Å². The summed E-state index contributed by atoms with van der Waals surface area (Å²) in [4.78, 5) is 31.2. The molecule has 3 nitrogen and oxygen atoms in total. The third-order valence-electron chi connectivity index (χ3n) is 2.69. The van der Waals surface area contributed by atoms with E-state index in [0.29, 0.717) is 0 Å². The summed E-state index contributed by atoms with van der Waals surface area (Å²) in [5, 5.41) is 0. The second-order valence-electron chi connectivity index (χ2n) is 3.98. The monoisotopic (exact) mass is 258 g/mol. The Labute approximate surface area is 113 Å². The molecule has 19 heavy (non-hydrogen) atoms. The number of Topliss-reactive ketones (excluding diaryl/α,β-unsaturated/α-hetero) is 1. The summed E-state index contributed by atoms with van der Waals surface area (Å²) in [5.74, 6) is -2.89. The van der Waals surface area contributed by atoms with Gasteiger partial charge in [0.25, 0.3) is 5.78 Å². The van der Waals surface area contributed by atoms with E-state index in [0.717, 1.165) is 12.2 Å². The molecule has 1 aromatic carbocycles. The maximum atomic E-state index is 10.5. The number of benzene rings is 1. The minimum atomic E-state index is -1.09. The van der Waals surface area contributed by atoms with Crippen LogP contribution in [0.4, 0.5) is 0 Å². The summed E-state index contributed by atoms with van der Waals surface area (Å²) in [6.45, 7) is 12.5. The lowest BCUT2D eigenvalue weighted by Crippen LogP contribution is -2.19. The van der Waals surface area contributed by atoms with Gasteiger partial charge in [0.15, 0.2) is 0 Å². The van der Waals surface area contributed by atoms with Crippen molar-refractivity contribution in [1.82, 2.24) is 0 Å². The molecule has 0 radical (unpaired) electrons. The largest absolute Gasteiger partial charge is 0.285 e. The van der Waals surface area contributed by atoms with Gasteiger partial charge in [0.05, 0.1) is 0 Å². The van der Waals surface area contributed by atoms with E-state index in [1.807, 2.05) is 0 Å². The van der Waals surface area contributed by atoms with Gasteiger partial charge >= 0.3 is 0 Å². The number of rotatable bonds is 4. The zero-order chi connectivity index (χ0) is 15.0. The van der Waals surface area contributed by atoms with E-state index in [1.54, 1.807) is 0 Å². The molecule has 0 aliphatic carbocycles. The minimum Gasteiger partial charge on any atom is -0.285 e. The highest BCUT2D eigenvalue weighted by atomic mass is 16.2. The van der Waals surface area contributed by atoms with Crippen LogP contribution in [0.2, 0.25) is 0 Å². The van der Waals surface area contributed by atoms with Crippen molar-refractivity contribution in [3.8, 4) is 0 Å². The maximum Gasteiger partial charge on any atom is 0.272 e. The van der Waals surface area contributed by atoms with E-state index in [4.69, 9.17) is 0 Å². The molecule has 0 fully saturated rings. The highest BCUT2D eigenvalue weighted by Crippen LogP contribution is 2.09. The number of hydrogen-bond acceptors (Lipinski definition) is 3. The van der Waals surface area contributed by atoms with Crippen molar-refractivity contribution in [2.75, 3.05) is 0 Å². The Hall–Kier alpha value is -2.29. The first-order valence-electron chi connectivity index (χ1n) is 5.75. The van der Waals surface area contributed by atoms with Gasteiger partial charge in [-0.25, -0.2) is 0 Å². The summed E-state index contributed by atoms with van der Waals surface area (Å²) < 4.78 is 0. The number of aryl methyl sites for hydroxylation is 2. The number of carbonyl (C=O) groups is 3. The van der Waals surface area contributed by atoms with Gasteiger partial charge in [-0.3, -0.25) is 14.4 Å². The molecular formula is C16H18O3. The lowest BCUT2D eigenvalue weighted by molar-refractivity contribution is -0.140. The predicted octanol–water partition coefficient (Wildman–Crippen LogP) is 2.68. The van der Waals surface area contributed by atoms with Crippen LogP contribution in [0.5, 0.6) is 0 Å². The predicted molar refractivity (Wildman–Crippen MR) is 76.1 cm³/mol. The molecule has 0 N–H and O–H groups in total. The van der Waals surface area contributed by atoms with Gasteiger partial charge in [0.1, 0.15) is 0 Å². The van der Waals surface area contributed by atoms with E-state index >= 15 is 0 Å².